The third-order valence-electron chi connectivity index (χ3n) is 1.90. The van der Waals surface area contributed by atoms with E-state index in [0.717, 1.165) is 16.3 Å². The Morgan fingerprint density at radius 1 is 1.60 bits per heavy atom. The molecule has 1 radical (unpaired) electrons. The summed E-state index contributed by atoms with van der Waals surface area (Å²) < 4.78 is 0. The molecule has 0 spiro atoms. The van der Waals surface area contributed by atoms with Gasteiger partial charge in [0.25, 0.3) is 5.69 Å². The maximum absolute atomic E-state index is 10.5. The lowest BCUT2D eigenvalue weighted by Crippen LogP contribution is -1.88. The second-order valence-electron chi connectivity index (χ2n) is 2.97. The Morgan fingerprint density at radius 2 is 2.40 bits per heavy atom. The molecule has 75 valence electrons. The topological polar surface area (TPSA) is 56.0 Å². The van der Waals surface area contributed by atoms with Crippen LogP contribution in [-0.4, -0.2) is 9.91 Å². The molecule has 1 aromatic carbocycles. The molecule has 0 N–H and O–H groups in total. The van der Waals surface area contributed by atoms with Gasteiger partial charge in [-0.1, -0.05) is 6.07 Å². The van der Waals surface area contributed by atoms with Gasteiger partial charge < -0.3 is 0 Å². The van der Waals surface area contributed by atoms with Crippen molar-refractivity contribution in [1.29, 1.82) is 0 Å². The number of benzene rings is 1. The van der Waals surface area contributed by atoms with Gasteiger partial charge in [0.15, 0.2) is 0 Å². The fourth-order valence-electron chi connectivity index (χ4n) is 1.21. The molecule has 2 rings (SSSR count). The number of aromatic nitrogens is 1. The first kappa shape index (κ1) is 9.79. The zero-order chi connectivity index (χ0) is 10.8. The minimum atomic E-state index is -0.456. The van der Waals surface area contributed by atoms with Gasteiger partial charge in [0, 0.05) is 17.0 Å². The van der Waals surface area contributed by atoms with Crippen molar-refractivity contribution in [3.8, 4) is 11.3 Å². The summed E-state index contributed by atoms with van der Waals surface area (Å²) in [6.45, 7) is 1.90. The number of nitro groups is 1. The van der Waals surface area contributed by atoms with E-state index >= 15 is 0 Å². The predicted octanol–water partition coefficient (Wildman–Crippen LogP) is 2.83. The van der Waals surface area contributed by atoms with E-state index in [4.69, 9.17) is 0 Å². The van der Waals surface area contributed by atoms with Crippen LogP contribution in [0, 0.1) is 23.1 Å². The quantitative estimate of drug-likeness (QED) is 0.576. The normalized spacial score (nSPS) is 10.2. The van der Waals surface area contributed by atoms with Crippen molar-refractivity contribution in [3.05, 3.63) is 44.8 Å². The second kappa shape index (κ2) is 3.78. The Morgan fingerprint density at radius 3 is 3.00 bits per heavy atom. The fraction of sp³-hybridized carbons (Fsp3) is 0.100. The van der Waals surface area contributed by atoms with Gasteiger partial charge >= 0.3 is 0 Å². The van der Waals surface area contributed by atoms with Crippen LogP contribution in [0.1, 0.15) is 5.01 Å². The molecule has 0 bridgehead atoms. The van der Waals surface area contributed by atoms with Crippen LogP contribution in [0.2, 0.25) is 0 Å². The second-order valence-corrected chi connectivity index (χ2v) is 4.03. The number of hydrogen-bond acceptors (Lipinski definition) is 4. The van der Waals surface area contributed by atoms with Crippen LogP contribution in [0.3, 0.4) is 0 Å². The van der Waals surface area contributed by atoms with E-state index in [0.29, 0.717) is 0 Å². The number of rotatable bonds is 2. The van der Waals surface area contributed by atoms with Crippen LogP contribution in [0.15, 0.2) is 23.6 Å². The Balaban J connectivity index is 2.45. The van der Waals surface area contributed by atoms with E-state index < -0.39 is 4.92 Å². The lowest BCUT2D eigenvalue weighted by Gasteiger charge is -1.95. The van der Waals surface area contributed by atoms with Gasteiger partial charge in [0.2, 0.25) is 0 Å². The minimum Gasteiger partial charge on any atom is -0.258 e. The maximum atomic E-state index is 10.5. The summed E-state index contributed by atoms with van der Waals surface area (Å²) in [5.74, 6) is 0. The maximum Gasteiger partial charge on any atom is 0.278 e. The molecule has 0 aliphatic heterocycles. The standard InChI is InChI=1S/C10H7N2O2S/c1-7-11-10(6-15-7)8-3-2-4-9(5-8)12(13)14/h2-3,5-6H,1H3. The molecule has 0 aliphatic rings. The van der Waals surface area contributed by atoms with E-state index in [1.54, 1.807) is 12.1 Å². The summed E-state index contributed by atoms with van der Waals surface area (Å²) in [6.07, 6.45) is 0. The molecule has 1 aromatic heterocycles. The molecule has 0 atom stereocenters. The molecule has 0 saturated carbocycles. The van der Waals surface area contributed by atoms with Crippen molar-refractivity contribution in [2.24, 2.45) is 0 Å². The van der Waals surface area contributed by atoms with Crippen LogP contribution in [0.4, 0.5) is 5.69 Å². The molecule has 2 aromatic rings. The number of nitrogens with zero attached hydrogens (tertiary/aromatic N) is 2. The fourth-order valence-corrected chi connectivity index (χ4v) is 1.84. The molecular weight excluding hydrogens is 212 g/mol. The van der Waals surface area contributed by atoms with Crippen LogP contribution < -0.4 is 0 Å². The summed E-state index contributed by atoms with van der Waals surface area (Å²) in [7, 11) is 0. The first-order valence-electron chi connectivity index (χ1n) is 4.25. The lowest BCUT2D eigenvalue weighted by atomic mass is 10.1. The van der Waals surface area contributed by atoms with Crippen molar-refractivity contribution in [1.82, 2.24) is 4.98 Å². The third-order valence-corrected chi connectivity index (χ3v) is 2.67. The van der Waals surface area contributed by atoms with Crippen molar-refractivity contribution in [3.63, 3.8) is 0 Å². The first-order valence-corrected chi connectivity index (χ1v) is 5.13. The average molecular weight is 219 g/mol. The summed E-state index contributed by atoms with van der Waals surface area (Å²) in [5, 5.41) is 13.4. The zero-order valence-electron chi connectivity index (χ0n) is 7.93. The molecule has 0 aliphatic carbocycles. The van der Waals surface area contributed by atoms with E-state index in [-0.39, 0.29) is 5.69 Å². The molecule has 0 fully saturated rings. The molecule has 0 saturated heterocycles. The van der Waals surface area contributed by atoms with Crippen LogP contribution in [0.25, 0.3) is 11.3 Å². The third kappa shape index (κ3) is 2.02. The SMILES string of the molecule is Cc1nc(-c2cc[c]c([N+](=O)[O-])c2)cs1. The molecule has 15 heavy (non-hydrogen) atoms. The van der Waals surface area contributed by atoms with Gasteiger partial charge in [0.1, 0.15) is 0 Å². The molecule has 1 heterocycles. The molecule has 0 unspecified atom stereocenters. The van der Waals surface area contributed by atoms with Gasteiger partial charge in [-0.3, -0.25) is 10.1 Å². The summed E-state index contributed by atoms with van der Waals surface area (Å²) in [4.78, 5) is 14.4. The van der Waals surface area contributed by atoms with Gasteiger partial charge in [0.05, 0.1) is 21.7 Å². The molecule has 4 nitrogen and oxygen atoms in total. The van der Waals surface area contributed by atoms with E-state index in [2.05, 4.69) is 11.1 Å². The Bertz CT molecular complexity index is 508. The Hall–Kier alpha value is -1.75. The summed E-state index contributed by atoms with van der Waals surface area (Å²) in [5.41, 5.74) is 1.50. The number of aryl methyl sites for hydroxylation is 1. The minimum absolute atomic E-state index is 0.0295. The van der Waals surface area contributed by atoms with Gasteiger partial charge in [-0.25, -0.2) is 4.98 Å². The average Bonchev–Trinajstić information content (AvgIpc) is 2.65. The largest absolute Gasteiger partial charge is 0.278 e. The smallest absolute Gasteiger partial charge is 0.258 e. The molecular formula is C10H7N2O2S. The zero-order valence-corrected chi connectivity index (χ0v) is 8.75. The number of hydrogen-bond donors (Lipinski definition) is 0. The van der Waals surface area contributed by atoms with Gasteiger partial charge in [-0.05, 0) is 13.0 Å². The van der Waals surface area contributed by atoms with Crippen molar-refractivity contribution in [2.75, 3.05) is 0 Å². The Labute approximate surface area is 90.4 Å². The predicted molar refractivity (Wildman–Crippen MR) is 57.8 cm³/mol. The van der Waals surface area contributed by atoms with E-state index in [1.165, 1.54) is 17.4 Å². The Kier molecular flexibility index (Phi) is 2.47. The lowest BCUT2D eigenvalue weighted by molar-refractivity contribution is -0.385. The van der Waals surface area contributed by atoms with Crippen molar-refractivity contribution >= 4 is 17.0 Å². The highest BCUT2D eigenvalue weighted by molar-refractivity contribution is 7.09. The number of non-ortho nitro benzene ring substituents is 1. The molecule has 0 amide bonds. The van der Waals surface area contributed by atoms with Crippen molar-refractivity contribution < 1.29 is 4.92 Å². The highest BCUT2D eigenvalue weighted by Crippen LogP contribution is 2.24. The van der Waals surface area contributed by atoms with E-state index in [9.17, 15) is 10.1 Å². The van der Waals surface area contributed by atoms with Gasteiger partial charge in [-0.2, -0.15) is 0 Å². The highest BCUT2D eigenvalue weighted by Gasteiger charge is 2.08. The van der Waals surface area contributed by atoms with Gasteiger partial charge in [-0.15, -0.1) is 11.3 Å². The van der Waals surface area contributed by atoms with Crippen LogP contribution in [0.5, 0.6) is 0 Å². The summed E-state index contributed by atoms with van der Waals surface area (Å²) >= 11 is 1.52. The highest BCUT2D eigenvalue weighted by atomic mass is 32.1. The van der Waals surface area contributed by atoms with Crippen LogP contribution >= 0.6 is 11.3 Å². The van der Waals surface area contributed by atoms with E-state index in [1.807, 2.05) is 12.3 Å². The monoisotopic (exact) mass is 219 g/mol. The number of nitro benzene ring substituents is 1. The van der Waals surface area contributed by atoms with Crippen LogP contribution in [-0.2, 0) is 0 Å². The number of thiazole rings is 1. The molecule has 5 heteroatoms. The van der Waals surface area contributed by atoms with Crippen molar-refractivity contribution in [2.45, 2.75) is 6.92 Å². The summed E-state index contributed by atoms with van der Waals surface area (Å²) in [6, 6.07) is 7.35. The first-order chi connectivity index (χ1) is 7.16.